The number of hydrogen-bond acceptors (Lipinski definition) is 4. The number of piperidine rings is 1. The van der Waals surface area contributed by atoms with E-state index in [1.165, 1.54) is 31.2 Å². The summed E-state index contributed by atoms with van der Waals surface area (Å²) in [5.74, 6) is -0.825. The molecule has 0 saturated carbocycles. The van der Waals surface area contributed by atoms with Crippen molar-refractivity contribution in [3.63, 3.8) is 0 Å². The van der Waals surface area contributed by atoms with Crippen LogP contribution in [0.3, 0.4) is 0 Å². The van der Waals surface area contributed by atoms with E-state index in [0.29, 0.717) is 25.6 Å². The molecule has 2 rings (SSSR count). The third kappa shape index (κ3) is 7.63. The first-order valence-corrected chi connectivity index (χ1v) is 8.99. The molecule has 0 aliphatic carbocycles. The Morgan fingerprint density at radius 3 is 2.41 bits per heavy atom. The number of nitrogens with one attached hydrogen (secondary N) is 1. The van der Waals surface area contributed by atoms with E-state index >= 15 is 0 Å². The SMILES string of the molecule is CC(=O)NCC1CCN(C(=O)C=Cc2ccc(OC(F)F)cc2OC(F)F)CC1. The number of nitrogens with zero attached hydrogens (tertiary/aromatic N) is 1. The summed E-state index contributed by atoms with van der Waals surface area (Å²) in [5.41, 5.74) is 0.126. The average Bonchev–Trinajstić information content (AvgIpc) is 2.65. The molecule has 1 heterocycles. The number of carbonyl (C=O) groups is 2. The van der Waals surface area contributed by atoms with Gasteiger partial charge in [-0.2, -0.15) is 17.6 Å². The molecule has 0 atom stereocenters. The third-order valence-electron chi connectivity index (χ3n) is 4.40. The molecule has 0 spiro atoms. The Balaban J connectivity index is 1.99. The van der Waals surface area contributed by atoms with Crippen molar-refractivity contribution in [1.29, 1.82) is 0 Å². The van der Waals surface area contributed by atoms with Crippen LogP contribution in [0, 0.1) is 5.92 Å². The van der Waals surface area contributed by atoms with Crippen LogP contribution in [0.4, 0.5) is 17.6 Å². The van der Waals surface area contributed by atoms with E-state index in [4.69, 9.17) is 0 Å². The molecule has 1 fully saturated rings. The van der Waals surface area contributed by atoms with Gasteiger partial charge in [0.2, 0.25) is 11.8 Å². The zero-order valence-corrected chi connectivity index (χ0v) is 15.7. The second-order valence-electron chi connectivity index (χ2n) is 6.50. The Kier molecular flexibility index (Phi) is 8.29. The summed E-state index contributed by atoms with van der Waals surface area (Å²) in [6.07, 6.45) is 3.98. The maximum absolute atomic E-state index is 12.6. The van der Waals surface area contributed by atoms with Gasteiger partial charge < -0.3 is 19.7 Å². The fourth-order valence-corrected chi connectivity index (χ4v) is 2.94. The molecule has 160 valence electrons. The first kappa shape index (κ1) is 22.5. The third-order valence-corrected chi connectivity index (χ3v) is 4.40. The van der Waals surface area contributed by atoms with Crippen molar-refractivity contribution >= 4 is 17.9 Å². The molecule has 1 N–H and O–H groups in total. The Morgan fingerprint density at radius 1 is 1.17 bits per heavy atom. The van der Waals surface area contributed by atoms with E-state index in [1.807, 2.05) is 0 Å². The van der Waals surface area contributed by atoms with E-state index in [9.17, 15) is 27.2 Å². The summed E-state index contributed by atoms with van der Waals surface area (Å²) in [7, 11) is 0. The summed E-state index contributed by atoms with van der Waals surface area (Å²) in [4.78, 5) is 24.9. The van der Waals surface area contributed by atoms with Gasteiger partial charge in [-0.1, -0.05) is 0 Å². The number of ether oxygens (including phenoxy) is 2. The van der Waals surface area contributed by atoms with Gasteiger partial charge in [-0.25, -0.2) is 0 Å². The lowest BCUT2D eigenvalue weighted by atomic mass is 9.96. The standard InChI is InChI=1S/C19H22F4N2O4/c1-12(26)24-11-13-6-8-25(9-7-13)17(27)5-3-14-2-4-15(28-18(20)21)10-16(14)29-19(22)23/h2-5,10,13,18-19H,6-9,11H2,1H3,(H,24,26). The highest BCUT2D eigenvalue weighted by molar-refractivity contribution is 5.92. The van der Waals surface area contributed by atoms with Crippen LogP contribution in [-0.2, 0) is 9.59 Å². The van der Waals surface area contributed by atoms with Gasteiger partial charge in [0, 0.05) is 44.3 Å². The first-order chi connectivity index (χ1) is 13.7. The predicted octanol–water partition coefficient (Wildman–Crippen LogP) is 3.28. The largest absolute Gasteiger partial charge is 0.435 e. The van der Waals surface area contributed by atoms with Crippen LogP contribution in [0.15, 0.2) is 24.3 Å². The number of likely N-dealkylation sites (tertiary alicyclic amines) is 1. The summed E-state index contributed by atoms with van der Waals surface area (Å²) in [5, 5.41) is 2.76. The van der Waals surface area contributed by atoms with E-state index in [1.54, 1.807) is 4.90 Å². The number of amides is 2. The molecule has 1 aromatic rings. The molecule has 10 heteroatoms. The molecular weight excluding hydrogens is 396 g/mol. The van der Waals surface area contributed by atoms with E-state index in [-0.39, 0.29) is 28.9 Å². The maximum Gasteiger partial charge on any atom is 0.387 e. The molecule has 0 unspecified atom stereocenters. The van der Waals surface area contributed by atoms with Gasteiger partial charge in [0.1, 0.15) is 11.5 Å². The van der Waals surface area contributed by atoms with E-state index in [0.717, 1.165) is 18.9 Å². The minimum atomic E-state index is -3.16. The van der Waals surface area contributed by atoms with Gasteiger partial charge in [-0.05, 0) is 37.0 Å². The van der Waals surface area contributed by atoms with Crippen molar-refractivity contribution in [2.45, 2.75) is 33.0 Å². The quantitative estimate of drug-likeness (QED) is 0.520. The zero-order valence-electron chi connectivity index (χ0n) is 15.7. The molecule has 1 aliphatic heterocycles. The van der Waals surface area contributed by atoms with E-state index in [2.05, 4.69) is 14.8 Å². The summed E-state index contributed by atoms with van der Waals surface area (Å²) in [6.45, 7) is -3.24. The number of carbonyl (C=O) groups excluding carboxylic acids is 2. The molecule has 1 aromatic carbocycles. The van der Waals surface area contributed by atoms with Gasteiger partial charge in [0.25, 0.3) is 0 Å². The molecule has 0 aromatic heterocycles. The van der Waals surface area contributed by atoms with E-state index < -0.39 is 13.2 Å². The fraction of sp³-hybridized carbons (Fsp3) is 0.474. The Morgan fingerprint density at radius 2 is 1.83 bits per heavy atom. The molecule has 0 bridgehead atoms. The minimum absolute atomic E-state index is 0.0989. The van der Waals surface area contributed by atoms with Crippen LogP contribution in [0.5, 0.6) is 11.5 Å². The van der Waals surface area contributed by atoms with Gasteiger partial charge in [0.05, 0.1) is 0 Å². The monoisotopic (exact) mass is 418 g/mol. The number of benzene rings is 1. The number of alkyl halides is 4. The van der Waals surface area contributed by atoms with Crippen molar-refractivity contribution in [1.82, 2.24) is 10.2 Å². The van der Waals surface area contributed by atoms with Gasteiger partial charge in [-0.3, -0.25) is 9.59 Å². The minimum Gasteiger partial charge on any atom is -0.435 e. The highest BCUT2D eigenvalue weighted by Crippen LogP contribution is 2.28. The molecule has 1 aliphatic rings. The van der Waals surface area contributed by atoms with Crippen molar-refractivity contribution < 1.29 is 36.6 Å². The van der Waals surface area contributed by atoms with Crippen LogP contribution in [0.25, 0.3) is 6.08 Å². The molecule has 6 nitrogen and oxygen atoms in total. The normalized spacial score (nSPS) is 15.2. The first-order valence-electron chi connectivity index (χ1n) is 8.99. The second-order valence-corrected chi connectivity index (χ2v) is 6.50. The lowest BCUT2D eigenvalue weighted by molar-refractivity contribution is -0.127. The summed E-state index contributed by atoms with van der Waals surface area (Å²) in [6, 6.07) is 3.33. The summed E-state index contributed by atoms with van der Waals surface area (Å²) >= 11 is 0. The van der Waals surface area contributed by atoms with Crippen LogP contribution in [-0.4, -0.2) is 49.6 Å². The lowest BCUT2D eigenvalue weighted by Gasteiger charge is -2.31. The Hall–Kier alpha value is -2.78. The topological polar surface area (TPSA) is 67.9 Å². The van der Waals surface area contributed by atoms with Crippen molar-refractivity contribution in [3.05, 3.63) is 29.8 Å². The molecule has 1 saturated heterocycles. The number of rotatable bonds is 8. The highest BCUT2D eigenvalue weighted by Gasteiger charge is 2.21. The fourth-order valence-electron chi connectivity index (χ4n) is 2.94. The lowest BCUT2D eigenvalue weighted by Crippen LogP contribution is -2.40. The van der Waals surface area contributed by atoms with Crippen molar-refractivity contribution in [2.75, 3.05) is 19.6 Å². The second kappa shape index (κ2) is 10.7. The van der Waals surface area contributed by atoms with Crippen molar-refractivity contribution in [3.8, 4) is 11.5 Å². The summed E-state index contributed by atoms with van der Waals surface area (Å²) < 4.78 is 58.3. The van der Waals surface area contributed by atoms with Crippen molar-refractivity contribution in [2.24, 2.45) is 5.92 Å². The Labute approximate surface area is 165 Å². The smallest absolute Gasteiger partial charge is 0.387 e. The average molecular weight is 418 g/mol. The number of halogens is 4. The zero-order chi connectivity index (χ0) is 21.4. The molecule has 0 radical (unpaired) electrons. The highest BCUT2D eigenvalue weighted by atomic mass is 19.3. The van der Waals surface area contributed by atoms with Gasteiger partial charge >= 0.3 is 13.2 Å². The van der Waals surface area contributed by atoms with Crippen LogP contribution in [0.1, 0.15) is 25.3 Å². The maximum atomic E-state index is 12.6. The van der Waals surface area contributed by atoms with Crippen LogP contribution in [0.2, 0.25) is 0 Å². The molecular formula is C19H22F4N2O4. The van der Waals surface area contributed by atoms with Gasteiger partial charge in [-0.15, -0.1) is 0 Å². The molecule has 2 amide bonds. The van der Waals surface area contributed by atoms with Gasteiger partial charge in [0.15, 0.2) is 0 Å². The Bertz CT molecular complexity index is 735. The number of hydrogen-bond donors (Lipinski definition) is 1. The predicted molar refractivity (Wildman–Crippen MR) is 96.7 cm³/mol. The van der Waals surface area contributed by atoms with Crippen LogP contribution < -0.4 is 14.8 Å². The molecule has 29 heavy (non-hydrogen) atoms. The van der Waals surface area contributed by atoms with Crippen LogP contribution >= 0.6 is 0 Å².